The molecule has 0 amide bonds. The highest BCUT2D eigenvalue weighted by molar-refractivity contribution is 4.74. The highest BCUT2D eigenvalue weighted by Crippen LogP contribution is 2.30. The molecule has 0 aromatic heterocycles. The second-order valence-electron chi connectivity index (χ2n) is 4.95. The molecule has 1 atom stereocenters. The average Bonchev–Trinajstić information content (AvgIpc) is 2.21. The Morgan fingerprint density at radius 2 is 1.62 bits per heavy atom. The van der Waals surface area contributed by atoms with E-state index in [4.69, 9.17) is 0 Å². The maximum atomic E-state index is 3.52. The molecule has 13 heavy (non-hydrogen) atoms. The van der Waals surface area contributed by atoms with Gasteiger partial charge in [0.2, 0.25) is 0 Å². The van der Waals surface area contributed by atoms with Gasteiger partial charge in [-0.2, -0.15) is 0 Å². The summed E-state index contributed by atoms with van der Waals surface area (Å²) in [6, 6.07) is 0. The molecule has 1 saturated carbocycles. The van der Waals surface area contributed by atoms with Gasteiger partial charge in [-0.15, -0.1) is 0 Å². The van der Waals surface area contributed by atoms with E-state index >= 15 is 0 Å². The second kappa shape index (κ2) is 4.99. The summed E-state index contributed by atoms with van der Waals surface area (Å²) in [5.41, 5.74) is 0. The van der Waals surface area contributed by atoms with E-state index in [-0.39, 0.29) is 0 Å². The van der Waals surface area contributed by atoms with E-state index in [0.717, 1.165) is 11.8 Å². The zero-order valence-corrected chi connectivity index (χ0v) is 8.73. The molecule has 0 radical (unpaired) electrons. The number of hydrogen-bond donors (Lipinski definition) is 1. The van der Waals surface area contributed by atoms with Gasteiger partial charge in [0.15, 0.2) is 0 Å². The summed E-state index contributed by atoms with van der Waals surface area (Å²) in [7, 11) is 0. The van der Waals surface area contributed by atoms with E-state index in [1.807, 2.05) is 0 Å². The number of piperidine rings is 1. The standard InChI is InChI=1S/C12H23N/c1-2-5-11(6-3-1)9-12-7-4-8-13-10-12/h11-13H,1-10H2/t12-/m0/s1. The van der Waals surface area contributed by atoms with Crippen LogP contribution < -0.4 is 5.32 Å². The minimum absolute atomic E-state index is 1.01. The first kappa shape index (κ1) is 9.51. The van der Waals surface area contributed by atoms with Crippen molar-refractivity contribution in [2.45, 2.75) is 51.4 Å². The second-order valence-corrected chi connectivity index (χ2v) is 4.95. The summed E-state index contributed by atoms with van der Waals surface area (Å²) in [6.45, 7) is 2.57. The summed E-state index contributed by atoms with van der Waals surface area (Å²) >= 11 is 0. The summed E-state index contributed by atoms with van der Waals surface area (Å²) in [6.07, 6.45) is 12.0. The number of rotatable bonds is 2. The molecule has 1 aliphatic carbocycles. The zero-order valence-electron chi connectivity index (χ0n) is 8.73. The molecule has 1 heteroatoms. The molecule has 1 aliphatic heterocycles. The summed E-state index contributed by atoms with van der Waals surface area (Å²) < 4.78 is 0. The lowest BCUT2D eigenvalue weighted by Crippen LogP contribution is -2.31. The normalized spacial score (nSPS) is 31.8. The van der Waals surface area contributed by atoms with Crippen LogP contribution in [0.2, 0.25) is 0 Å². The van der Waals surface area contributed by atoms with E-state index in [1.54, 1.807) is 0 Å². The van der Waals surface area contributed by atoms with Crippen LogP contribution in [-0.4, -0.2) is 13.1 Å². The average molecular weight is 181 g/mol. The zero-order chi connectivity index (χ0) is 8.93. The molecule has 2 aliphatic rings. The predicted octanol–water partition coefficient (Wildman–Crippen LogP) is 2.96. The SMILES string of the molecule is C1CCC(C[C@@H]2CCCNC2)CC1. The van der Waals surface area contributed by atoms with E-state index in [2.05, 4.69) is 5.32 Å². The van der Waals surface area contributed by atoms with Gasteiger partial charge in [0.05, 0.1) is 0 Å². The highest BCUT2D eigenvalue weighted by Gasteiger charge is 2.20. The molecule has 0 bridgehead atoms. The minimum Gasteiger partial charge on any atom is -0.316 e. The Hall–Kier alpha value is -0.0400. The molecular formula is C12H23N. The maximum absolute atomic E-state index is 3.52. The van der Waals surface area contributed by atoms with Crippen molar-refractivity contribution < 1.29 is 0 Å². The van der Waals surface area contributed by atoms with Crippen LogP contribution in [0.15, 0.2) is 0 Å². The molecule has 1 saturated heterocycles. The van der Waals surface area contributed by atoms with Crippen molar-refractivity contribution in [3.63, 3.8) is 0 Å². The Bertz CT molecular complexity index is 116. The molecule has 1 heterocycles. The fraction of sp³-hybridized carbons (Fsp3) is 1.00. The monoisotopic (exact) mass is 181 g/mol. The highest BCUT2D eigenvalue weighted by atomic mass is 14.9. The number of nitrogens with one attached hydrogen (secondary N) is 1. The van der Waals surface area contributed by atoms with Crippen molar-refractivity contribution in [2.75, 3.05) is 13.1 Å². The third-order valence-corrected chi connectivity index (χ3v) is 3.79. The van der Waals surface area contributed by atoms with Gasteiger partial charge in [0.1, 0.15) is 0 Å². The Morgan fingerprint density at radius 3 is 2.31 bits per heavy atom. The van der Waals surface area contributed by atoms with Gasteiger partial charge in [0.25, 0.3) is 0 Å². The third kappa shape index (κ3) is 2.98. The maximum Gasteiger partial charge on any atom is -0.00204 e. The smallest absolute Gasteiger partial charge is 0.00204 e. The van der Waals surface area contributed by atoms with E-state index in [0.29, 0.717) is 0 Å². The lowest BCUT2D eigenvalue weighted by atomic mass is 9.81. The Morgan fingerprint density at radius 1 is 0.846 bits per heavy atom. The summed E-state index contributed by atoms with van der Waals surface area (Å²) in [5.74, 6) is 2.09. The predicted molar refractivity (Wildman–Crippen MR) is 56.8 cm³/mol. The lowest BCUT2D eigenvalue weighted by Gasteiger charge is -2.29. The van der Waals surface area contributed by atoms with Crippen LogP contribution in [-0.2, 0) is 0 Å². The van der Waals surface area contributed by atoms with Crippen LogP contribution in [0.1, 0.15) is 51.4 Å². The molecule has 1 N–H and O–H groups in total. The summed E-state index contributed by atoms with van der Waals surface area (Å²) in [5, 5.41) is 3.52. The first-order valence-electron chi connectivity index (χ1n) is 6.16. The molecule has 2 rings (SSSR count). The Labute approximate surface area is 82.3 Å². The Balaban J connectivity index is 1.69. The van der Waals surface area contributed by atoms with Gasteiger partial charge in [-0.25, -0.2) is 0 Å². The fourth-order valence-corrected chi connectivity index (χ4v) is 3.02. The number of hydrogen-bond acceptors (Lipinski definition) is 1. The molecular weight excluding hydrogens is 158 g/mol. The van der Waals surface area contributed by atoms with Gasteiger partial charge in [-0.3, -0.25) is 0 Å². The van der Waals surface area contributed by atoms with Crippen molar-refractivity contribution in [2.24, 2.45) is 11.8 Å². The van der Waals surface area contributed by atoms with E-state index in [1.165, 1.54) is 64.5 Å². The van der Waals surface area contributed by atoms with Gasteiger partial charge >= 0.3 is 0 Å². The van der Waals surface area contributed by atoms with E-state index < -0.39 is 0 Å². The van der Waals surface area contributed by atoms with Crippen molar-refractivity contribution in [1.82, 2.24) is 5.32 Å². The van der Waals surface area contributed by atoms with Crippen LogP contribution in [0.4, 0.5) is 0 Å². The van der Waals surface area contributed by atoms with Crippen LogP contribution in [0, 0.1) is 11.8 Å². The van der Waals surface area contributed by atoms with Gasteiger partial charge < -0.3 is 5.32 Å². The fourth-order valence-electron chi connectivity index (χ4n) is 3.02. The molecule has 1 nitrogen and oxygen atoms in total. The topological polar surface area (TPSA) is 12.0 Å². The third-order valence-electron chi connectivity index (χ3n) is 3.79. The first-order valence-corrected chi connectivity index (χ1v) is 6.16. The molecule has 0 aromatic carbocycles. The van der Waals surface area contributed by atoms with Crippen molar-refractivity contribution in [1.29, 1.82) is 0 Å². The van der Waals surface area contributed by atoms with Crippen molar-refractivity contribution >= 4 is 0 Å². The van der Waals surface area contributed by atoms with Crippen LogP contribution >= 0.6 is 0 Å². The Kier molecular flexibility index (Phi) is 3.65. The minimum atomic E-state index is 1.01. The molecule has 2 fully saturated rings. The van der Waals surface area contributed by atoms with Crippen LogP contribution in [0.5, 0.6) is 0 Å². The van der Waals surface area contributed by atoms with Crippen LogP contribution in [0.25, 0.3) is 0 Å². The molecule has 0 spiro atoms. The van der Waals surface area contributed by atoms with Crippen LogP contribution in [0.3, 0.4) is 0 Å². The lowest BCUT2D eigenvalue weighted by molar-refractivity contribution is 0.254. The van der Waals surface area contributed by atoms with E-state index in [9.17, 15) is 0 Å². The molecule has 76 valence electrons. The van der Waals surface area contributed by atoms with Gasteiger partial charge in [-0.1, -0.05) is 32.1 Å². The molecule has 0 aromatic rings. The van der Waals surface area contributed by atoms with Crippen molar-refractivity contribution in [3.05, 3.63) is 0 Å². The molecule has 0 unspecified atom stereocenters. The first-order chi connectivity index (χ1) is 6.45. The van der Waals surface area contributed by atoms with Gasteiger partial charge in [-0.05, 0) is 44.2 Å². The van der Waals surface area contributed by atoms with Gasteiger partial charge in [0, 0.05) is 0 Å². The quantitative estimate of drug-likeness (QED) is 0.690. The largest absolute Gasteiger partial charge is 0.316 e. The van der Waals surface area contributed by atoms with Crippen molar-refractivity contribution in [3.8, 4) is 0 Å². The summed E-state index contributed by atoms with van der Waals surface area (Å²) in [4.78, 5) is 0.